The maximum atomic E-state index is 2.30. The normalized spacial score (nSPS) is 11.2. The van der Waals surface area contributed by atoms with Gasteiger partial charge in [0.2, 0.25) is 0 Å². The Balaban J connectivity index is 1.66. The number of unbranched alkanes of at least 4 members (excludes halogenated alkanes) is 15. The van der Waals surface area contributed by atoms with Gasteiger partial charge < -0.3 is 0 Å². The number of thiophene rings is 1. The van der Waals surface area contributed by atoms with E-state index in [-0.39, 0.29) is 0 Å². The summed E-state index contributed by atoms with van der Waals surface area (Å²) in [6, 6.07) is 4.39. The summed E-state index contributed by atoms with van der Waals surface area (Å²) >= 11 is 3.91. The van der Waals surface area contributed by atoms with E-state index in [9.17, 15) is 0 Å². The molecular formula is C22H40S2. The summed E-state index contributed by atoms with van der Waals surface area (Å²) in [7, 11) is 0. The van der Waals surface area contributed by atoms with Crippen LogP contribution in [0.1, 0.15) is 110 Å². The lowest BCUT2D eigenvalue weighted by Gasteiger charge is -2.03. The molecule has 0 aromatic carbocycles. The summed E-state index contributed by atoms with van der Waals surface area (Å²) in [4.78, 5) is 0. The third-order valence-corrected chi connectivity index (χ3v) is 6.95. The minimum absolute atomic E-state index is 1.30. The largest absolute Gasteiger partial charge is 0.137 e. The zero-order valence-electron chi connectivity index (χ0n) is 16.1. The van der Waals surface area contributed by atoms with Gasteiger partial charge in [0.05, 0.1) is 4.21 Å². The van der Waals surface area contributed by atoms with Crippen LogP contribution in [0.25, 0.3) is 0 Å². The summed E-state index contributed by atoms with van der Waals surface area (Å²) in [5.41, 5.74) is 0. The highest BCUT2D eigenvalue weighted by Crippen LogP contribution is 2.24. The summed E-state index contributed by atoms with van der Waals surface area (Å²) in [6.45, 7) is 2.30. The van der Waals surface area contributed by atoms with E-state index in [1.807, 2.05) is 23.1 Å². The Morgan fingerprint density at radius 2 is 1.12 bits per heavy atom. The first kappa shape index (κ1) is 22.1. The molecule has 24 heavy (non-hydrogen) atoms. The molecule has 0 aliphatic rings. The summed E-state index contributed by atoms with van der Waals surface area (Å²) in [5.74, 6) is 1.30. The molecule has 0 bridgehead atoms. The maximum Gasteiger partial charge on any atom is 0.0598 e. The Hall–Kier alpha value is 0.0500. The van der Waals surface area contributed by atoms with E-state index in [4.69, 9.17) is 0 Å². The Morgan fingerprint density at radius 1 is 0.667 bits per heavy atom. The van der Waals surface area contributed by atoms with E-state index in [0.717, 1.165) is 0 Å². The number of rotatable bonds is 18. The molecule has 1 aromatic rings. The average molecular weight is 369 g/mol. The lowest BCUT2D eigenvalue weighted by Crippen LogP contribution is -1.84. The van der Waals surface area contributed by atoms with E-state index in [2.05, 4.69) is 24.4 Å². The topological polar surface area (TPSA) is 0 Å². The van der Waals surface area contributed by atoms with Crippen LogP contribution >= 0.6 is 23.1 Å². The third-order valence-electron chi connectivity index (χ3n) is 4.74. The zero-order chi connectivity index (χ0) is 17.1. The van der Waals surface area contributed by atoms with Crippen LogP contribution < -0.4 is 0 Å². The van der Waals surface area contributed by atoms with Gasteiger partial charge in [0, 0.05) is 0 Å². The number of hydrogen-bond donors (Lipinski definition) is 0. The SMILES string of the molecule is CCCCCCCCCCCCCCCCCCSc1cccs1. The lowest BCUT2D eigenvalue weighted by molar-refractivity contribution is 0.532. The Labute approximate surface area is 160 Å². The first-order valence-corrected chi connectivity index (χ1v) is 12.5. The van der Waals surface area contributed by atoms with Crippen LogP contribution in [0.15, 0.2) is 21.7 Å². The molecule has 0 unspecified atom stereocenters. The Bertz CT molecular complexity index is 332. The van der Waals surface area contributed by atoms with Crippen LogP contribution in [-0.4, -0.2) is 5.75 Å². The summed E-state index contributed by atoms with van der Waals surface area (Å²) < 4.78 is 1.48. The van der Waals surface area contributed by atoms with Crippen molar-refractivity contribution in [1.29, 1.82) is 0 Å². The highest BCUT2D eigenvalue weighted by Gasteiger charge is 1.96. The highest BCUT2D eigenvalue weighted by molar-refractivity contribution is 8.01. The van der Waals surface area contributed by atoms with Gasteiger partial charge in [-0.3, -0.25) is 0 Å². The van der Waals surface area contributed by atoms with Gasteiger partial charge in [-0.05, 0) is 23.6 Å². The van der Waals surface area contributed by atoms with Crippen molar-refractivity contribution in [3.63, 3.8) is 0 Å². The molecule has 0 saturated heterocycles. The van der Waals surface area contributed by atoms with Gasteiger partial charge in [-0.25, -0.2) is 0 Å². The van der Waals surface area contributed by atoms with E-state index in [1.165, 1.54) is 113 Å². The zero-order valence-corrected chi connectivity index (χ0v) is 17.7. The van der Waals surface area contributed by atoms with Crippen molar-refractivity contribution in [2.24, 2.45) is 0 Å². The van der Waals surface area contributed by atoms with Crippen molar-refractivity contribution in [3.05, 3.63) is 17.5 Å². The van der Waals surface area contributed by atoms with Gasteiger partial charge in [-0.2, -0.15) is 0 Å². The predicted octanol–water partition coefficient (Wildman–Crippen LogP) is 9.10. The van der Waals surface area contributed by atoms with Crippen molar-refractivity contribution in [3.8, 4) is 0 Å². The molecule has 0 saturated carbocycles. The number of thioether (sulfide) groups is 1. The first-order chi connectivity index (χ1) is 11.9. The second-order valence-corrected chi connectivity index (χ2v) is 9.43. The second-order valence-electron chi connectivity index (χ2n) is 7.08. The van der Waals surface area contributed by atoms with Crippen LogP contribution in [0.5, 0.6) is 0 Å². The molecule has 0 radical (unpaired) electrons. The van der Waals surface area contributed by atoms with Gasteiger partial charge >= 0.3 is 0 Å². The van der Waals surface area contributed by atoms with Crippen molar-refractivity contribution in [1.82, 2.24) is 0 Å². The minimum atomic E-state index is 1.30. The fourth-order valence-corrected chi connectivity index (χ4v) is 5.03. The smallest absolute Gasteiger partial charge is 0.0598 e. The number of hydrogen-bond acceptors (Lipinski definition) is 2. The summed E-state index contributed by atoms with van der Waals surface area (Å²) in [6.07, 6.45) is 23.3. The summed E-state index contributed by atoms with van der Waals surface area (Å²) in [5, 5.41) is 2.18. The highest BCUT2D eigenvalue weighted by atomic mass is 32.2. The molecule has 0 aliphatic heterocycles. The van der Waals surface area contributed by atoms with Crippen molar-refractivity contribution >= 4 is 23.1 Å². The van der Waals surface area contributed by atoms with Gasteiger partial charge in [-0.1, -0.05) is 109 Å². The molecule has 0 N–H and O–H groups in total. The van der Waals surface area contributed by atoms with Crippen LogP contribution in [0.4, 0.5) is 0 Å². The van der Waals surface area contributed by atoms with E-state index < -0.39 is 0 Å². The first-order valence-electron chi connectivity index (χ1n) is 10.6. The minimum Gasteiger partial charge on any atom is -0.137 e. The van der Waals surface area contributed by atoms with E-state index in [0.29, 0.717) is 0 Å². The molecule has 2 heteroatoms. The van der Waals surface area contributed by atoms with E-state index >= 15 is 0 Å². The van der Waals surface area contributed by atoms with Crippen LogP contribution in [0.2, 0.25) is 0 Å². The van der Waals surface area contributed by atoms with E-state index in [1.54, 1.807) is 0 Å². The fraction of sp³-hybridized carbons (Fsp3) is 0.818. The molecule has 0 spiro atoms. The van der Waals surface area contributed by atoms with Gasteiger partial charge in [-0.15, -0.1) is 23.1 Å². The van der Waals surface area contributed by atoms with Crippen LogP contribution in [-0.2, 0) is 0 Å². The Morgan fingerprint density at radius 3 is 1.54 bits per heavy atom. The van der Waals surface area contributed by atoms with Crippen molar-refractivity contribution in [2.75, 3.05) is 5.75 Å². The average Bonchev–Trinajstić information content (AvgIpc) is 3.11. The molecule has 0 aliphatic carbocycles. The maximum absolute atomic E-state index is 2.30. The quantitative estimate of drug-likeness (QED) is 0.184. The van der Waals surface area contributed by atoms with Gasteiger partial charge in [0.25, 0.3) is 0 Å². The molecule has 0 atom stereocenters. The van der Waals surface area contributed by atoms with Crippen molar-refractivity contribution in [2.45, 2.75) is 114 Å². The molecule has 1 heterocycles. The lowest BCUT2D eigenvalue weighted by atomic mass is 10.0. The molecule has 1 rings (SSSR count). The monoisotopic (exact) mass is 368 g/mol. The molecular weight excluding hydrogens is 328 g/mol. The van der Waals surface area contributed by atoms with Gasteiger partial charge in [0.1, 0.15) is 0 Å². The van der Waals surface area contributed by atoms with Crippen LogP contribution in [0, 0.1) is 0 Å². The molecule has 140 valence electrons. The van der Waals surface area contributed by atoms with Crippen LogP contribution in [0.3, 0.4) is 0 Å². The fourth-order valence-electron chi connectivity index (χ4n) is 3.17. The Kier molecular flexibility index (Phi) is 16.4. The standard InChI is InChI=1S/C22H40S2/c1-2-3-4-5-6-7-8-9-10-11-12-13-14-15-16-17-20-23-22-19-18-21-24-22/h18-19,21H,2-17,20H2,1H3. The van der Waals surface area contributed by atoms with Crippen molar-refractivity contribution < 1.29 is 0 Å². The molecule has 0 nitrogen and oxygen atoms in total. The van der Waals surface area contributed by atoms with Gasteiger partial charge in [0.15, 0.2) is 0 Å². The third kappa shape index (κ3) is 14.4. The molecule has 1 aromatic heterocycles. The molecule has 0 fully saturated rings. The predicted molar refractivity (Wildman–Crippen MR) is 115 cm³/mol. The molecule has 0 amide bonds. The second kappa shape index (κ2) is 17.9.